The second-order valence-electron chi connectivity index (χ2n) is 4.30. The Morgan fingerprint density at radius 1 is 1.31 bits per heavy atom. The van der Waals surface area contributed by atoms with Gasteiger partial charge in [-0.05, 0) is 12.3 Å². The summed E-state index contributed by atoms with van der Waals surface area (Å²) in [6, 6.07) is 0.378. The second kappa shape index (κ2) is 5.89. The highest BCUT2D eigenvalue weighted by Gasteiger charge is 2.14. The van der Waals surface area contributed by atoms with Crippen LogP contribution in [-0.4, -0.2) is 42.1 Å². The minimum Gasteiger partial charge on any atom is -0.327 e. The van der Waals surface area contributed by atoms with E-state index in [4.69, 9.17) is 5.73 Å². The van der Waals surface area contributed by atoms with Crippen LogP contribution in [0, 0.1) is 5.92 Å². The fourth-order valence-corrected chi connectivity index (χ4v) is 2.77. The third-order valence-electron chi connectivity index (χ3n) is 2.37. The Labute approximate surface area is 86.2 Å². The standard InChI is InChI=1S/C10H22N2S/c1-9(2)7-10(11)8-12-3-5-13-6-4-12/h9-10H,3-8,11H2,1-2H3. The van der Waals surface area contributed by atoms with Gasteiger partial charge in [-0.3, -0.25) is 0 Å². The molecule has 13 heavy (non-hydrogen) atoms. The molecule has 0 aromatic carbocycles. The molecule has 0 bridgehead atoms. The summed E-state index contributed by atoms with van der Waals surface area (Å²) in [5, 5.41) is 0. The van der Waals surface area contributed by atoms with E-state index >= 15 is 0 Å². The van der Waals surface area contributed by atoms with Gasteiger partial charge < -0.3 is 10.6 Å². The molecule has 1 saturated heterocycles. The third kappa shape index (κ3) is 4.89. The van der Waals surface area contributed by atoms with Crippen molar-refractivity contribution in [3.8, 4) is 0 Å². The van der Waals surface area contributed by atoms with E-state index < -0.39 is 0 Å². The summed E-state index contributed by atoms with van der Waals surface area (Å²) in [5.74, 6) is 3.30. The minimum atomic E-state index is 0.378. The molecule has 0 amide bonds. The van der Waals surface area contributed by atoms with Crippen molar-refractivity contribution in [3.63, 3.8) is 0 Å². The van der Waals surface area contributed by atoms with E-state index in [9.17, 15) is 0 Å². The smallest absolute Gasteiger partial charge is 0.0170 e. The summed E-state index contributed by atoms with van der Waals surface area (Å²) in [4.78, 5) is 2.50. The van der Waals surface area contributed by atoms with Gasteiger partial charge in [0.15, 0.2) is 0 Å². The predicted octanol–water partition coefficient (Wildman–Crippen LogP) is 1.41. The first-order valence-electron chi connectivity index (χ1n) is 5.24. The monoisotopic (exact) mass is 202 g/mol. The predicted molar refractivity (Wildman–Crippen MR) is 61.2 cm³/mol. The molecule has 0 aromatic rings. The van der Waals surface area contributed by atoms with Crippen LogP contribution in [0.4, 0.5) is 0 Å². The van der Waals surface area contributed by atoms with Crippen molar-refractivity contribution in [1.82, 2.24) is 4.90 Å². The quantitative estimate of drug-likeness (QED) is 0.747. The van der Waals surface area contributed by atoms with Crippen LogP contribution >= 0.6 is 11.8 Å². The molecule has 1 unspecified atom stereocenters. The van der Waals surface area contributed by atoms with Crippen molar-refractivity contribution in [2.24, 2.45) is 11.7 Å². The van der Waals surface area contributed by atoms with E-state index in [0.29, 0.717) is 6.04 Å². The van der Waals surface area contributed by atoms with Crippen molar-refractivity contribution in [2.75, 3.05) is 31.1 Å². The second-order valence-corrected chi connectivity index (χ2v) is 5.53. The highest BCUT2D eigenvalue weighted by molar-refractivity contribution is 7.99. The van der Waals surface area contributed by atoms with Gasteiger partial charge in [-0.25, -0.2) is 0 Å². The lowest BCUT2D eigenvalue weighted by atomic mass is 10.0. The first kappa shape index (κ1) is 11.3. The van der Waals surface area contributed by atoms with Gasteiger partial charge in [0.05, 0.1) is 0 Å². The Balaban J connectivity index is 2.14. The van der Waals surface area contributed by atoms with E-state index in [1.165, 1.54) is 24.6 Å². The molecule has 2 N–H and O–H groups in total. The van der Waals surface area contributed by atoms with Crippen molar-refractivity contribution in [1.29, 1.82) is 0 Å². The number of rotatable bonds is 4. The summed E-state index contributed by atoms with van der Waals surface area (Å²) >= 11 is 2.06. The minimum absolute atomic E-state index is 0.378. The first-order valence-corrected chi connectivity index (χ1v) is 6.39. The largest absolute Gasteiger partial charge is 0.327 e. The lowest BCUT2D eigenvalue weighted by molar-refractivity contribution is 0.268. The average molecular weight is 202 g/mol. The lowest BCUT2D eigenvalue weighted by Crippen LogP contribution is -2.42. The van der Waals surface area contributed by atoms with Gasteiger partial charge in [0.2, 0.25) is 0 Å². The Morgan fingerprint density at radius 2 is 1.92 bits per heavy atom. The molecular formula is C10H22N2S. The molecule has 3 heteroatoms. The van der Waals surface area contributed by atoms with Crippen LogP contribution in [0.1, 0.15) is 20.3 Å². The number of hydrogen-bond acceptors (Lipinski definition) is 3. The lowest BCUT2D eigenvalue weighted by Gasteiger charge is -2.29. The van der Waals surface area contributed by atoms with E-state index in [1.54, 1.807) is 0 Å². The highest BCUT2D eigenvalue weighted by Crippen LogP contribution is 2.11. The van der Waals surface area contributed by atoms with Gasteiger partial charge in [-0.2, -0.15) is 11.8 Å². The summed E-state index contributed by atoms with van der Waals surface area (Å²) < 4.78 is 0. The molecule has 1 heterocycles. The van der Waals surface area contributed by atoms with Crippen molar-refractivity contribution in [3.05, 3.63) is 0 Å². The number of hydrogen-bond donors (Lipinski definition) is 1. The van der Waals surface area contributed by atoms with Crippen LogP contribution in [0.15, 0.2) is 0 Å². The summed E-state index contributed by atoms with van der Waals surface area (Å²) in [5.41, 5.74) is 6.06. The van der Waals surface area contributed by atoms with Crippen LogP contribution in [0.3, 0.4) is 0 Å². The average Bonchev–Trinajstić information content (AvgIpc) is 2.04. The maximum atomic E-state index is 6.06. The van der Waals surface area contributed by atoms with Gasteiger partial charge in [0, 0.05) is 37.2 Å². The van der Waals surface area contributed by atoms with Crippen molar-refractivity contribution < 1.29 is 0 Å². The van der Waals surface area contributed by atoms with Gasteiger partial charge in [0.25, 0.3) is 0 Å². The van der Waals surface area contributed by atoms with Gasteiger partial charge >= 0.3 is 0 Å². The van der Waals surface area contributed by atoms with E-state index in [1.807, 2.05) is 0 Å². The van der Waals surface area contributed by atoms with E-state index in [0.717, 1.165) is 18.9 Å². The zero-order valence-electron chi connectivity index (χ0n) is 8.83. The molecule has 0 aromatic heterocycles. The van der Waals surface area contributed by atoms with E-state index in [2.05, 4.69) is 30.5 Å². The van der Waals surface area contributed by atoms with Gasteiger partial charge in [0.1, 0.15) is 0 Å². The van der Waals surface area contributed by atoms with Crippen LogP contribution in [-0.2, 0) is 0 Å². The number of thioether (sulfide) groups is 1. The first-order chi connectivity index (χ1) is 6.18. The molecule has 0 aliphatic carbocycles. The molecule has 0 spiro atoms. The zero-order valence-corrected chi connectivity index (χ0v) is 9.65. The Bertz CT molecular complexity index is 133. The third-order valence-corrected chi connectivity index (χ3v) is 3.31. The molecule has 1 atom stereocenters. The maximum absolute atomic E-state index is 6.06. The SMILES string of the molecule is CC(C)CC(N)CN1CCSCC1. The molecule has 1 fully saturated rings. The Hall–Kier alpha value is 0.270. The molecule has 0 saturated carbocycles. The molecule has 1 aliphatic rings. The molecule has 1 aliphatic heterocycles. The number of nitrogens with zero attached hydrogens (tertiary/aromatic N) is 1. The van der Waals surface area contributed by atoms with Crippen LogP contribution in [0.25, 0.3) is 0 Å². The molecule has 78 valence electrons. The summed E-state index contributed by atoms with van der Waals surface area (Å²) in [6.07, 6.45) is 1.16. The van der Waals surface area contributed by atoms with Crippen molar-refractivity contribution >= 4 is 11.8 Å². The van der Waals surface area contributed by atoms with Gasteiger partial charge in [-0.15, -0.1) is 0 Å². The Kier molecular flexibility index (Phi) is 5.14. The molecule has 0 radical (unpaired) electrons. The molecule has 1 rings (SSSR count). The summed E-state index contributed by atoms with van der Waals surface area (Å²) in [7, 11) is 0. The molecular weight excluding hydrogens is 180 g/mol. The normalized spacial score (nSPS) is 22.2. The highest BCUT2D eigenvalue weighted by atomic mass is 32.2. The van der Waals surface area contributed by atoms with Gasteiger partial charge in [-0.1, -0.05) is 13.8 Å². The van der Waals surface area contributed by atoms with Crippen LogP contribution in [0.2, 0.25) is 0 Å². The van der Waals surface area contributed by atoms with Crippen molar-refractivity contribution in [2.45, 2.75) is 26.3 Å². The zero-order chi connectivity index (χ0) is 9.68. The summed E-state index contributed by atoms with van der Waals surface area (Å²) in [6.45, 7) is 8.05. The number of nitrogens with two attached hydrogens (primary N) is 1. The Morgan fingerprint density at radius 3 is 2.46 bits per heavy atom. The molecule has 2 nitrogen and oxygen atoms in total. The fourth-order valence-electron chi connectivity index (χ4n) is 1.80. The maximum Gasteiger partial charge on any atom is 0.0170 e. The van der Waals surface area contributed by atoms with E-state index in [-0.39, 0.29) is 0 Å². The van der Waals surface area contributed by atoms with Crippen LogP contribution in [0.5, 0.6) is 0 Å². The topological polar surface area (TPSA) is 29.3 Å². The fraction of sp³-hybridized carbons (Fsp3) is 1.00. The van der Waals surface area contributed by atoms with Crippen LogP contribution < -0.4 is 5.73 Å².